The van der Waals surface area contributed by atoms with Gasteiger partial charge in [-0.15, -0.1) is 0 Å². The fourth-order valence-electron chi connectivity index (χ4n) is 3.64. The maximum Gasteiger partial charge on any atom is 0.302 e. The number of Topliss-reactive ketones (excluding diaryl/α,β-unsaturated/α-hetero) is 2. The standard InChI is InChI=1S/C21H34O8/c1-6-8-12(3)20-21(5,29-20)19(27)16(11-28-13(4)23)18(26)15(10-22)17(25)9-14(24)7-2/h6,8,12,15-17,19-20,22,25,27H,7,9-11H2,1-5H3/b8-6-/t12-,15+,16-,17-,19-,20+,21+/m0/s1. The summed E-state index contributed by atoms with van der Waals surface area (Å²) in [5.41, 5.74) is -1.04. The topological polar surface area (TPSA) is 134 Å². The minimum Gasteiger partial charge on any atom is -0.465 e. The molecule has 1 aliphatic rings. The molecule has 29 heavy (non-hydrogen) atoms. The van der Waals surface area contributed by atoms with E-state index in [0.29, 0.717) is 0 Å². The maximum atomic E-state index is 13.1. The van der Waals surface area contributed by atoms with Crippen molar-refractivity contribution in [2.75, 3.05) is 13.2 Å². The van der Waals surface area contributed by atoms with Crippen LogP contribution in [0.15, 0.2) is 12.2 Å². The Kier molecular flexibility index (Phi) is 9.61. The molecule has 8 heteroatoms. The number of carbonyl (C=O) groups excluding carboxylic acids is 3. The van der Waals surface area contributed by atoms with E-state index in [1.165, 1.54) is 6.92 Å². The highest BCUT2D eigenvalue weighted by Gasteiger charge is 2.62. The van der Waals surface area contributed by atoms with Crippen LogP contribution in [-0.4, -0.2) is 70.0 Å². The second-order valence-corrected chi connectivity index (χ2v) is 7.82. The van der Waals surface area contributed by atoms with Gasteiger partial charge in [0.1, 0.15) is 23.8 Å². The number of ketones is 2. The largest absolute Gasteiger partial charge is 0.465 e. The summed E-state index contributed by atoms with van der Waals surface area (Å²) in [4.78, 5) is 36.0. The Morgan fingerprint density at radius 1 is 1.24 bits per heavy atom. The van der Waals surface area contributed by atoms with Crippen molar-refractivity contribution in [1.82, 2.24) is 0 Å². The summed E-state index contributed by atoms with van der Waals surface area (Å²) in [6, 6.07) is 0. The molecule has 0 bridgehead atoms. The van der Waals surface area contributed by atoms with E-state index in [9.17, 15) is 29.7 Å². The van der Waals surface area contributed by atoms with Gasteiger partial charge >= 0.3 is 5.97 Å². The fourth-order valence-corrected chi connectivity index (χ4v) is 3.64. The molecule has 1 heterocycles. The van der Waals surface area contributed by atoms with Gasteiger partial charge in [-0.3, -0.25) is 14.4 Å². The monoisotopic (exact) mass is 414 g/mol. The van der Waals surface area contributed by atoms with E-state index < -0.39 is 54.6 Å². The van der Waals surface area contributed by atoms with Crippen LogP contribution in [0.5, 0.6) is 0 Å². The lowest BCUT2D eigenvalue weighted by Gasteiger charge is -2.29. The van der Waals surface area contributed by atoms with Crippen LogP contribution in [0.2, 0.25) is 0 Å². The molecule has 166 valence electrons. The molecule has 1 aliphatic heterocycles. The first-order valence-electron chi connectivity index (χ1n) is 9.99. The van der Waals surface area contributed by atoms with E-state index >= 15 is 0 Å². The number of aliphatic hydroxyl groups is 3. The predicted molar refractivity (Wildman–Crippen MR) is 105 cm³/mol. The molecule has 0 spiro atoms. The first-order valence-corrected chi connectivity index (χ1v) is 9.99. The number of carbonyl (C=O) groups is 3. The van der Waals surface area contributed by atoms with Crippen LogP contribution in [-0.2, 0) is 23.9 Å². The molecular formula is C21H34O8. The summed E-state index contributed by atoms with van der Waals surface area (Å²) in [6.45, 7) is 7.15. The van der Waals surface area contributed by atoms with Crippen LogP contribution in [0.4, 0.5) is 0 Å². The van der Waals surface area contributed by atoms with Gasteiger partial charge in [0, 0.05) is 25.7 Å². The molecule has 0 radical (unpaired) electrons. The van der Waals surface area contributed by atoms with Gasteiger partial charge in [-0.05, 0) is 13.8 Å². The zero-order valence-electron chi connectivity index (χ0n) is 17.8. The first kappa shape index (κ1) is 25.4. The fraction of sp³-hybridized carbons (Fsp3) is 0.762. The quantitative estimate of drug-likeness (QED) is 0.229. The van der Waals surface area contributed by atoms with Crippen molar-refractivity contribution in [1.29, 1.82) is 0 Å². The molecule has 0 aliphatic carbocycles. The van der Waals surface area contributed by atoms with E-state index in [-0.39, 0.29) is 30.6 Å². The number of allylic oxidation sites excluding steroid dienone is 1. The Bertz CT molecular complexity index is 616. The van der Waals surface area contributed by atoms with Gasteiger partial charge in [-0.25, -0.2) is 0 Å². The maximum absolute atomic E-state index is 13.1. The molecule has 0 amide bonds. The van der Waals surface area contributed by atoms with E-state index in [1.807, 2.05) is 26.0 Å². The third kappa shape index (κ3) is 6.44. The minimum absolute atomic E-state index is 0.00877. The van der Waals surface area contributed by atoms with Gasteiger partial charge in [0.05, 0.1) is 36.8 Å². The number of esters is 1. The summed E-state index contributed by atoms with van der Waals surface area (Å²) in [6.07, 6.45) is 0.650. The summed E-state index contributed by atoms with van der Waals surface area (Å²) < 4.78 is 10.7. The molecular weight excluding hydrogens is 380 g/mol. The second-order valence-electron chi connectivity index (χ2n) is 7.82. The van der Waals surface area contributed by atoms with Crippen molar-refractivity contribution in [2.45, 2.75) is 71.4 Å². The van der Waals surface area contributed by atoms with E-state index in [0.717, 1.165) is 0 Å². The summed E-state index contributed by atoms with van der Waals surface area (Å²) in [7, 11) is 0. The van der Waals surface area contributed by atoms with Crippen molar-refractivity contribution in [3.63, 3.8) is 0 Å². The Morgan fingerprint density at radius 3 is 2.34 bits per heavy atom. The summed E-state index contributed by atoms with van der Waals surface area (Å²) >= 11 is 0. The lowest BCUT2D eigenvalue weighted by Crippen LogP contribution is -2.48. The smallest absolute Gasteiger partial charge is 0.302 e. The van der Waals surface area contributed by atoms with Crippen LogP contribution in [0.3, 0.4) is 0 Å². The lowest BCUT2D eigenvalue weighted by atomic mass is 9.79. The molecule has 0 unspecified atom stereocenters. The highest BCUT2D eigenvalue weighted by atomic mass is 16.6. The van der Waals surface area contributed by atoms with Crippen LogP contribution >= 0.6 is 0 Å². The number of rotatable bonds is 13. The van der Waals surface area contributed by atoms with E-state index in [4.69, 9.17) is 9.47 Å². The van der Waals surface area contributed by atoms with Gasteiger partial charge in [-0.2, -0.15) is 0 Å². The van der Waals surface area contributed by atoms with Gasteiger partial charge in [0.15, 0.2) is 0 Å². The molecule has 1 saturated heterocycles. The average molecular weight is 414 g/mol. The normalized spacial score (nSPS) is 26.4. The molecule has 7 atom stereocenters. The zero-order chi connectivity index (χ0) is 22.4. The van der Waals surface area contributed by atoms with E-state index in [1.54, 1.807) is 13.8 Å². The average Bonchev–Trinajstić information content (AvgIpc) is 3.35. The molecule has 0 aromatic heterocycles. The Labute approximate surface area is 171 Å². The molecule has 0 saturated carbocycles. The predicted octanol–water partition coefficient (Wildman–Crippen LogP) is 0.804. The second kappa shape index (κ2) is 11.0. The first-order chi connectivity index (χ1) is 13.5. The number of aliphatic hydroxyl groups excluding tert-OH is 3. The van der Waals surface area contributed by atoms with Crippen molar-refractivity contribution in [3.8, 4) is 0 Å². The van der Waals surface area contributed by atoms with Crippen molar-refractivity contribution in [3.05, 3.63) is 12.2 Å². The molecule has 1 rings (SSSR count). The Morgan fingerprint density at radius 2 is 1.86 bits per heavy atom. The Hall–Kier alpha value is -1.61. The van der Waals surface area contributed by atoms with Crippen molar-refractivity contribution < 1.29 is 39.2 Å². The lowest BCUT2D eigenvalue weighted by molar-refractivity contribution is -0.150. The SMILES string of the molecule is C/C=C\[C@H](C)[C@H]1O[C@]1(C)[C@@H](O)[C@@H](COC(C)=O)C(=O)[C@H](CO)[C@@H](O)CC(=O)CC. The number of epoxide rings is 1. The molecule has 0 aromatic rings. The summed E-state index contributed by atoms with van der Waals surface area (Å²) in [5.74, 6) is -4.06. The van der Waals surface area contributed by atoms with Crippen LogP contribution in [0.1, 0.15) is 47.5 Å². The highest BCUT2D eigenvalue weighted by Crippen LogP contribution is 2.46. The van der Waals surface area contributed by atoms with Gasteiger partial charge < -0.3 is 24.8 Å². The number of ether oxygens (including phenoxy) is 2. The Balaban J connectivity index is 3.05. The van der Waals surface area contributed by atoms with Crippen molar-refractivity contribution >= 4 is 17.5 Å². The summed E-state index contributed by atoms with van der Waals surface area (Å²) in [5, 5.41) is 30.9. The molecule has 1 fully saturated rings. The van der Waals surface area contributed by atoms with Crippen LogP contribution in [0.25, 0.3) is 0 Å². The number of hydrogen-bond acceptors (Lipinski definition) is 8. The van der Waals surface area contributed by atoms with Crippen molar-refractivity contribution in [2.24, 2.45) is 17.8 Å². The van der Waals surface area contributed by atoms with Crippen LogP contribution < -0.4 is 0 Å². The van der Waals surface area contributed by atoms with E-state index in [2.05, 4.69) is 0 Å². The number of hydrogen-bond donors (Lipinski definition) is 3. The third-order valence-electron chi connectivity index (χ3n) is 5.52. The minimum atomic E-state index is -1.39. The molecule has 8 nitrogen and oxygen atoms in total. The van der Waals surface area contributed by atoms with Gasteiger partial charge in [0.25, 0.3) is 0 Å². The third-order valence-corrected chi connectivity index (χ3v) is 5.52. The van der Waals surface area contributed by atoms with Gasteiger partial charge in [0.2, 0.25) is 0 Å². The van der Waals surface area contributed by atoms with Gasteiger partial charge in [-0.1, -0.05) is 26.0 Å². The molecule has 3 N–H and O–H groups in total. The highest BCUT2D eigenvalue weighted by molar-refractivity contribution is 5.86. The molecule has 0 aromatic carbocycles. The van der Waals surface area contributed by atoms with Crippen LogP contribution in [0, 0.1) is 17.8 Å². The zero-order valence-corrected chi connectivity index (χ0v) is 17.8.